The zero-order chi connectivity index (χ0) is 12.9. The van der Waals surface area contributed by atoms with Gasteiger partial charge in [0.2, 0.25) is 0 Å². The number of aliphatic hydroxyl groups is 1. The first kappa shape index (κ1) is 13.6. The second-order valence-corrected chi connectivity index (χ2v) is 4.28. The topological polar surface area (TPSA) is 59.4 Å². The Morgan fingerprint density at radius 2 is 2.24 bits per heavy atom. The molecule has 94 valence electrons. The van der Waals surface area contributed by atoms with Crippen molar-refractivity contribution in [2.24, 2.45) is 5.92 Å². The molecule has 0 saturated carbocycles. The van der Waals surface area contributed by atoms with E-state index >= 15 is 0 Å². The first-order valence-electron chi connectivity index (χ1n) is 5.80. The van der Waals surface area contributed by atoms with Gasteiger partial charge in [0.15, 0.2) is 0 Å². The highest BCUT2D eigenvalue weighted by molar-refractivity contribution is 5.71. The monoisotopic (exact) mass is 237 g/mol. The van der Waals surface area contributed by atoms with Gasteiger partial charge in [-0.3, -0.25) is 9.78 Å². The van der Waals surface area contributed by atoms with Crippen LogP contribution in [-0.4, -0.2) is 22.7 Å². The third-order valence-corrected chi connectivity index (χ3v) is 2.78. The van der Waals surface area contributed by atoms with E-state index in [1.165, 1.54) is 0 Å². The van der Waals surface area contributed by atoms with E-state index < -0.39 is 11.6 Å². The van der Waals surface area contributed by atoms with Gasteiger partial charge in [0.1, 0.15) is 5.60 Å². The number of aromatic nitrogens is 1. The summed E-state index contributed by atoms with van der Waals surface area (Å²) >= 11 is 0. The van der Waals surface area contributed by atoms with E-state index in [0.717, 1.165) is 0 Å². The van der Waals surface area contributed by atoms with Crippen LogP contribution in [0.25, 0.3) is 0 Å². The molecule has 1 atom stereocenters. The van der Waals surface area contributed by atoms with Crippen LogP contribution in [-0.2, 0) is 15.1 Å². The number of esters is 1. The molecule has 17 heavy (non-hydrogen) atoms. The average molecular weight is 237 g/mol. The molecule has 4 nitrogen and oxygen atoms in total. The molecule has 0 aromatic carbocycles. The minimum atomic E-state index is -1.27. The molecule has 1 aromatic heterocycles. The lowest BCUT2D eigenvalue weighted by Gasteiger charge is -2.30. The largest absolute Gasteiger partial charge is 0.466 e. The fourth-order valence-electron chi connectivity index (χ4n) is 1.64. The van der Waals surface area contributed by atoms with E-state index in [-0.39, 0.29) is 12.3 Å². The Morgan fingerprint density at radius 1 is 1.53 bits per heavy atom. The van der Waals surface area contributed by atoms with Gasteiger partial charge in [-0.15, -0.1) is 0 Å². The molecule has 1 rings (SSSR count). The molecule has 1 aromatic rings. The van der Waals surface area contributed by atoms with E-state index in [2.05, 4.69) is 4.98 Å². The highest BCUT2D eigenvalue weighted by Crippen LogP contribution is 2.31. The Labute approximate surface area is 102 Å². The van der Waals surface area contributed by atoms with Crippen molar-refractivity contribution < 1.29 is 14.6 Å². The molecular formula is C13H19NO3. The summed E-state index contributed by atoms with van der Waals surface area (Å²) in [6, 6.07) is 5.29. The van der Waals surface area contributed by atoms with Gasteiger partial charge in [-0.2, -0.15) is 0 Å². The molecular weight excluding hydrogens is 218 g/mol. The van der Waals surface area contributed by atoms with Crippen molar-refractivity contribution in [2.75, 3.05) is 6.61 Å². The zero-order valence-corrected chi connectivity index (χ0v) is 10.5. The standard InChI is InChI=1S/C13H19NO3/c1-4-17-12(15)9-13(16,10(2)3)11-7-5-6-8-14-11/h5-8,10,16H,4,9H2,1-3H3. The maximum Gasteiger partial charge on any atom is 0.309 e. The number of rotatable bonds is 5. The fourth-order valence-corrected chi connectivity index (χ4v) is 1.64. The second-order valence-electron chi connectivity index (χ2n) is 4.28. The molecule has 0 aliphatic heterocycles. The van der Waals surface area contributed by atoms with Crippen molar-refractivity contribution in [1.82, 2.24) is 4.98 Å². The van der Waals surface area contributed by atoms with Crippen LogP contribution in [0.2, 0.25) is 0 Å². The predicted molar refractivity (Wildman–Crippen MR) is 64.2 cm³/mol. The quantitative estimate of drug-likeness (QED) is 0.794. The zero-order valence-electron chi connectivity index (χ0n) is 10.5. The minimum absolute atomic E-state index is 0.0739. The number of nitrogens with zero attached hydrogens (tertiary/aromatic N) is 1. The van der Waals surface area contributed by atoms with Crippen molar-refractivity contribution >= 4 is 5.97 Å². The van der Waals surface area contributed by atoms with Crippen LogP contribution in [0.1, 0.15) is 32.9 Å². The van der Waals surface area contributed by atoms with E-state index in [1.807, 2.05) is 13.8 Å². The van der Waals surface area contributed by atoms with E-state index in [4.69, 9.17) is 4.74 Å². The lowest BCUT2D eigenvalue weighted by atomic mass is 9.84. The predicted octanol–water partition coefficient (Wildman–Crippen LogP) is 1.88. The molecule has 1 heterocycles. The van der Waals surface area contributed by atoms with Crippen molar-refractivity contribution in [3.63, 3.8) is 0 Å². The molecule has 0 saturated heterocycles. The van der Waals surface area contributed by atoms with Gasteiger partial charge in [0, 0.05) is 6.20 Å². The van der Waals surface area contributed by atoms with Gasteiger partial charge in [0.25, 0.3) is 0 Å². The lowest BCUT2D eigenvalue weighted by molar-refractivity contribution is -0.151. The molecule has 0 aliphatic carbocycles. The molecule has 4 heteroatoms. The highest BCUT2D eigenvalue weighted by atomic mass is 16.5. The molecule has 0 radical (unpaired) electrons. The molecule has 1 N–H and O–H groups in total. The maximum absolute atomic E-state index is 11.5. The summed E-state index contributed by atoms with van der Waals surface area (Å²) in [5, 5.41) is 10.6. The number of hydrogen-bond acceptors (Lipinski definition) is 4. The van der Waals surface area contributed by atoms with E-state index in [1.54, 1.807) is 31.3 Å². The Morgan fingerprint density at radius 3 is 2.71 bits per heavy atom. The molecule has 0 bridgehead atoms. The lowest BCUT2D eigenvalue weighted by Crippen LogP contribution is -2.36. The second kappa shape index (κ2) is 5.77. The molecule has 0 amide bonds. The summed E-state index contributed by atoms with van der Waals surface area (Å²) in [6.45, 7) is 5.77. The summed E-state index contributed by atoms with van der Waals surface area (Å²) in [4.78, 5) is 15.7. The van der Waals surface area contributed by atoms with E-state index in [0.29, 0.717) is 12.3 Å². The van der Waals surface area contributed by atoms with Gasteiger partial charge in [-0.25, -0.2) is 0 Å². The van der Waals surface area contributed by atoms with Crippen LogP contribution in [0.4, 0.5) is 0 Å². The van der Waals surface area contributed by atoms with Gasteiger partial charge < -0.3 is 9.84 Å². The van der Waals surface area contributed by atoms with Crippen molar-refractivity contribution in [2.45, 2.75) is 32.8 Å². The summed E-state index contributed by atoms with van der Waals surface area (Å²) in [5.41, 5.74) is -0.767. The maximum atomic E-state index is 11.5. The molecule has 0 spiro atoms. The number of pyridine rings is 1. The smallest absolute Gasteiger partial charge is 0.309 e. The normalized spacial score (nSPS) is 14.4. The SMILES string of the molecule is CCOC(=O)CC(O)(c1ccccn1)C(C)C. The Balaban J connectivity index is 2.94. The number of carbonyl (C=O) groups excluding carboxylic acids is 1. The van der Waals surface area contributed by atoms with Crippen LogP contribution >= 0.6 is 0 Å². The van der Waals surface area contributed by atoms with Gasteiger partial charge in [-0.1, -0.05) is 19.9 Å². The summed E-state index contributed by atoms with van der Waals surface area (Å²) in [5.74, 6) is -0.531. The van der Waals surface area contributed by atoms with Crippen LogP contribution < -0.4 is 0 Å². The summed E-state index contributed by atoms with van der Waals surface area (Å²) in [7, 11) is 0. The molecule has 1 unspecified atom stereocenters. The fraction of sp³-hybridized carbons (Fsp3) is 0.538. The molecule has 0 aliphatic rings. The summed E-state index contributed by atoms with van der Waals surface area (Å²) in [6.07, 6.45) is 1.53. The van der Waals surface area contributed by atoms with Gasteiger partial charge in [-0.05, 0) is 25.0 Å². The summed E-state index contributed by atoms with van der Waals surface area (Å²) < 4.78 is 4.88. The van der Waals surface area contributed by atoms with Crippen LogP contribution in [0.3, 0.4) is 0 Å². The number of hydrogen-bond donors (Lipinski definition) is 1. The Kier molecular flexibility index (Phi) is 4.63. The average Bonchev–Trinajstić information content (AvgIpc) is 2.30. The third-order valence-electron chi connectivity index (χ3n) is 2.78. The highest BCUT2D eigenvalue weighted by Gasteiger charge is 2.37. The van der Waals surface area contributed by atoms with Crippen LogP contribution in [0, 0.1) is 5.92 Å². The van der Waals surface area contributed by atoms with Crippen LogP contribution in [0.15, 0.2) is 24.4 Å². The Bertz CT molecular complexity index is 364. The molecule has 0 fully saturated rings. The number of carbonyl (C=O) groups is 1. The Hall–Kier alpha value is -1.42. The van der Waals surface area contributed by atoms with Crippen molar-refractivity contribution in [3.8, 4) is 0 Å². The van der Waals surface area contributed by atoms with Crippen molar-refractivity contribution in [1.29, 1.82) is 0 Å². The minimum Gasteiger partial charge on any atom is -0.466 e. The van der Waals surface area contributed by atoms with Gasteiger partial charge in [0.05, 0.1) is 18.7 Å². The number of ether oxygens (including phenoxy) is 1. The van der Waals surface area contributed by atoms with E-state index in [9.17, 15) is 9.90 Å². The van der Waals surface area contributed by atoms with Crippen molar-refractivity contribution in [3.05, 3.63) is 30.1 Å². The first-order chi connectivity index (χ1) is 8.00. The first-order valence-corrected chi connectivity index (χ1v) is 5.80. The van der Waals surface area contributed by atoms with Crippen LogP contribution in [0.5, 0.6) is 0 Å². The van der Waals surface area contributed by atoms with Gasteiger partial charge >= 0.3 is 5.97 Å². The third kappa shape index (κ3) is 3.27.